The van der Waals surface area contributed by atoms with E-state index in [9.17, 15) is 0 Å². The van der Waals surface area contributed by atoms with Gasteiger partial charge in [0.15, 0.2) is 0 Å². The van der Waals surface area contributed by atoms with E-state index in [1.807, 2.05) is 43.2 Å². The van der Waals surface area contributed by atoms with Crippen molar-refractivity contribution in [2.75, 3.05) is 7.05 Å². The van der Waals surface area contributed by atoms with Crippen LogP contribution in [0.5, 0.6) is 0 Å². The molecule has 2 aromatic rings. The van der Waals surface area contributed by atoms with Gasteiger partial charge >= 0.3 is 0 Å². The number of hydrogen-bond donors (Lipinski definition) is 1. The second-order valence-corrected chi connectivity index (χ2v) is 3.53. The predicted molar refractivity (Wildman–Crippen MR) is 59.9 cm³/mol. The predicted octanol–water partition coefficient (Wildman–Crippen LogP) is 1.70. The highest BCUT2D eigenvalue weighted by atomic mass is 15.0. The number of benzene rings is 1. The monoisotopic (exact) mass is 200 g/mol. The van der Waals surface area contributed by atoms with Crippen molar-refractivity contribution in [3.8, 4) is 5.69 Å². The summed E-state index contributed by atoms with van der Waals surface area (Å²) in [6.45, 7) is 2.83. The molecule has 0 aliphatic rings. The van der Waals surface area contributed by atoms with Gasteiger partial charge in [0.05, 0.1) is 12.0 Å². The van der Waals surface area contributed by atoms with Crippen molar-refractivity contribution < 1.29 is 0 Å². The Hall–Kier alpha value is -1.61. The molecule has 0 amide bonds. The summed E-state index contributed by atoms with van der Waals surface area (Å²) in [5, 5.41) is 3.07. The molecule has 0 atom stereocenters. The Morgan fingerprint density at radius 2 is 2.33 bits per heavy atom. The Morgan fingerprint density at radius 1 is 1.47 bits per heavy atom. The molecule has 1 aromatic heterocycles. The largest absolute Gasteiger partial charge is 0.314 e. The summed E-state index contributed by atoms with van der Waals surface area (Å²) in [6.07, 6.45) is 3.85. The van der Waals surface area contributed by atoms with E-state index in [0.717, 1.165) is 23.5 Å². The first-order valence-electron chi connectivity index (χ1n) is 4.96. The molecular weight excluding hydrogens is 186 g/mol. The van der Waals surface area contributed by atoms with Crippen molar-refractivity contribution in [2.24, 2.45) is 0 Å². The second-order valence-electron chi connectivity index (χ2n) is 3.53. The van der Waals surface area contributed by atoms with Crippen LogP contribution in [0.1, 0.15) is 11.3 Å². The molecule has 0 aliphatic carbocycles. The van der Waals surface area contributed by atoms with Crippen LogP contribution in [0.25, 0.3) is 5.69 Å². The van der Waals surface area contributed by atoms with Crippen LogP contribution in [0.4, 0.5) is 0 Å². The van der Waals surface area contributed by atoms with Gasteiger partial charge in [-0.05, 0) is 37.7 Å². The number of nitrogens with one attached hydrogen (secondary N) is 1. The molecule has 2 rings (SSSR count). The first-order valence-corrected chi connectivity index (χ1v) is 4.96. The van der Waals surface area contributed by atoms with Crippen molar-refractivity contribution in [1.29, 1.82) is 0 Å². The molecular formula is C12H14N3. The molecule has 0 aliphatic heterocycles. The SMILES string of the molecule is CNCc1cn(-c2c[c]c(C)cc2)cn1. The molecule has 1 aromatic carbocycles. The molecule has 0 bridgehead atoms. The Kier molecular flexibility index (Phi) is 2.83. The van der Waals surface area contributed by atoms with Crippen molar-refractivity contribution >= 4 is 0 Å². The molecule has 0 unspecified atom stereocenters. The smallest absolute Gasteiger partial charge is 0.0995 e. The van der Waals surface area contributed by atoms with E-state index in [4.69, 9.17) is 0 Å². The fraction of sp³-hybridized carbons (Fsp3) is 0.250. The highest BCUT2D eigenvalue weighted by molar-refractivity contribution is 5.33. The molecule has 0 spiro atoms. The first-order chi connectivity index (χ1) is 7.29. The van der Waals surface area contributed by atoms with E-state index in [2.05, 4.69) is 22.4 Å². The summed E-state index contributed by atoms with van der Waals surface area (Å²) in [6, 6.07) is 9.26. The third-order valence-corrected chi connectivity index (χ3v) is 2.24. The van der Waals surface area contributed by atoms with E-state index >= 15 is 0 Å². The number of nitrogens with zero attached hydrogens (tertiary/aromatic N) is 2. The maximum absolute atomic E-state index is 4.29. The average Bonchev–Trinajstić information content (AvgIpc) is 2.68. The summed E-state index contributed by atoms with van der Waals surface area (Å²) in [5.41, 5.74) is 3.28. The highest BCUT2D eigenvalue weighted by Crippen LogP contribution is 2.09. The topological polar surface area (TPSA) is 29.9 Å². The minimum absolute atomic E-state index is 0.794. The Balaban J connectivity index is 2.25. The van der Waals surface area contributed by atoms with Crippen LogP contribution >= 0.6 is 0 Å². The summed E-state index contributed by atoms with van der Waals surface area (Å²) in [5.74, 6) is 0. The van der Waals surface area contributed by atoms with Gasteiger partial charge in [0.25, 0.3) is 0 Å². The van der Waals surface area contributed by atoms with Crippen molar-refractivity contribution in [2.45, 2.75) is 13.5 Å². The standard InChI is InChI=1S/C12H14N3/c1-10-3-5-12(6-4-10)15-8-11(7-13-2)14-9-15/h3,5-6,8-9,13H,7H2,1-2H3. The van der Waals surface area contributed by atoms with Crippen molar-refractivity contribution in [3.63, 3.8) is 0 Å². The molecule has 0 saturated heterocycles. The number of aromatic nitrogens is 2. The van der Waals surface area contributed by atoms with Crippen LogP contribution in [0.15, 0.2) is 30.7 Å². The molecule has 77 valence electrons. The Morgan fingerprint density at radius 3 is 3.00 bits per heavy atom. The lowest BCUT2D eigenvalue weighted by Gasteiger charge is -2.01. The number of imidazole rings is 1. The van der Waals surface area contributed by atoms with E-state index in [0.29, 0.717) is 0 Å². The number of aryl methyl sites for hydroxylation is 1. The van der Waals surface area contributed by atoms with Gasteiger partial charge < -0.3 is 9.88 Å². The maximum Gasteiger partial charge on any atom is 0.0995 e. The molecule has 0 fully saturated rings. The van der Waals surface area contributed by atoms with Gasteiger partial charge in [0.1, 0.15) is 0 Å². The summed E-state index contributed by atoms with van der Waals surface area (Å²) in [4.78, 5) is 4.29. The van der Waals surface area contributed by atoms with E-state index < -0.39 is 0 Å². The third-order valence-electron chi connectivity index (χ3n) is 2.24. The van der Waals surface area contributed by atoms with Crippen LogP contribution in [-0.4, -0.2) is 16.6 Å². The van der Waals surface area contributed by atoms with E-state index in [1.165, 1.54) is 0 Å². The Labute approximate surface area is 89.8 Å². The molecule has 1 heterocycles. The lowest BCUT2D eigenvalue weighted by atomic mass is 10.2. The molecule has 15 heavy (non-hydrogen) atoms. The summed E-state index contributed by atoms with van der Waals surface area (Å²) in [7, 11) is 1.92. The zero-order chi connectivity index (χ0) is 10.7. The van der Waals surface area contributed by atoms with E-state index in [1.54, 1.807) is 0 Å². The first kappa shape index (κ1) is 9.93. The molecule has 0 saturated carbocycles. The highest BCUT2D eigenvalue weighted by Gasteiger charge is 1.99. The summed E-state index contributed by atoms with van der Waals surface area (Å²) >= 11 is 0. The third kappa shape index (κ3) is 2.25. The molecule has 3 nitrogen and oxygen atoms in total. The normalized spacial score (nSPS) is 10.5. The van der Waals surface area contributed by atoms with Gasteiger partial charge in [-0.15, -0.1) is 0 Å². The van der Waals surface area contributed by atoms with Gasteiger partial charge in [-0.1, -0.05) is 6.07 Å². The molecule has 1 radical (unpaired) electrons. The van der Waals surface area contributed by atoms with Gasteiger partial charge in [-0.25, -0.2) is 4.98 Å². The quantitative estimate of drug-likeness (QED) is 0.817. The van der Waals surface area contributed by atoms with Gasteiger partial charge in [-0.3, -0.25) is 0 Å². The number of rotatable bonds is 3. The fourth-order valence-electron chi connectivity index (χ4n) is 1.43. The zero-order valence-electron chi connectivity index (χ0n) is 8.99. The van der Waals surface area contributed by atoms with Crippen LogP contribution in [0, 0.1) is 13.0 Å². The lowest BCUT2D eigenvalue weighted by molar-refractivity contribution is 0.796. The van der Waals surface area contributed by atoms with Crippen molar-refractivity contribution in [1.82, 2.24) is 14.9 Å². The minimum Gasteiger partial charge on any atom is -0.314 e. The average molecular weight is 200 g/mol. The lowest BCUT2D eigenvalue weighted by Crippen LogP contribution is -2.04. The molecule has 1 N–H and O–H groups in total. The van der Waals surface area contributed by atoms with Gasteiger partial charge in [-0.2, -0.15) is 0 Å². The van der Waals surface area contributed by atoms with E-state index in [-0.39, 0.29) is 0 Å². The fourth-order valence-corrected chi connectivity index (χ4v) is 1.43. The van der Waals surface area contributed by atoms with Crippen LogP contribution in [0.2, 0.25) is 0 Å². The van der Waals surface area contributed by atoms with Gasteiger partial charge in [0, 0.05) is 18.4 Å². The maximum atomic E-state index is 4.29. The van der Waals surface area contributed by atoms with Crippen LogP contribution < -0.4 is 5.32 Å². The van der Waals surface area contributed by atoms with Gasteiger partial charge in [0.2, 0.25) is 0 Å². The number of hydrogen-bond acceptors (Lipinski definition) is 2. The minimum atomic E-state index is 0.794. The van der Waals surface area contributed by atoms with Crippen molar-refractivity contribution in [3.05, 3.63) is 48.0 Å². The molecule has 3 heteroatoms. The Bertz CT molecular complexity index is 428. The van der Waals surface area contributed by atoms with Crippen LogP contribution in [-0.2, 0) is 6.54 Å². The zero-order valence-corrected chi connectivity index (χ0v) is 8.99. The summed E-state index contributed by atoms with van der Waals surface area (Å²) < 4.78 is 2.00. The second kappa shape index (κ2) is 4.28. The van der Waals surface area contributed by atoms with Crippen LogP contribution in [0.3, 0.4) is 0 Å².